The van der Waals surface area contributed by atoms with E-state index in [9.17, 15) is 4.79 Å². The highest BCUT2D eigenvalue weighted by atomic mass is 16.5. The molecule has 4 heteroatoms. The van der Waals surface area contributed by atoms with Crippen molar-refractivity contribution in [2.24, 2.45) is 5.73 Å². The maximum absolute atomic E-state index is 11.2. The highest BCUT2D eigenvalue weighted by Crippen LogP contribution is 2.14. The molecule has 0 saturated heterocycles. The molecule has 1 atom stereocenters. The van der Waals surface area contributed by atoms with Crippen LogP contribution in [0.3, 0.4) is 0 Å². The second-order valence-corrected chi connectivity index (χ2v) is 3.71. The van der Waals surface area contributed by atoms with E-state index in [4.69, 9.17) is 5.73 Å². The summed E-state index contributed by atoms with van der Waals surface area (Å²) in [4.78, 5) is 15.3. The zero-order valence-electron chi connectivity index (χ0n) is 9.77. The van der Waals surface area contributed by atoms with Crippen molar-refractivity contribution in [3.05, 3.63) is 29.6 Å². The Morgan fingerprint density at radius 1 is 1.56 bits per heavy atom. The van der Waals surface area contributed by atoms with Gasteiger partial charge in [-0.3, -0.25) is 4.98 Å². The number of aromatic nitrogens is 1. The molecule has 0 saturated carbocycles. The molecule has 88 valence electrons. The number of carbonyl (C=O) groups excluding carboxylic acids is 1. The normalized spacial score (nSPS) is 12.2. The first kappa shape index (κ1) is 12.6. The molecule has 0 spiro atoms. The van der Waals surface area contributed by atoms with E-state index in [0.29, 0.717) is 5.56 Å². The predicted octanol–water partition coefficient (Wildman–Crippen LogP) is 2.06. The molecule has 0 aromatic carbocycles. The van der Waals surface area contributed by atoms with Gasteiger partial charge in [0.15, 0.2) is 0 Å². The van der Waals surface area contributed by atoms with Gasteiger partial charge >= 0.3 is 5.97 Å². The highest BCUT2D eigenvalue weighted by Gasteiger charge is 2.09. The maximum atomic E-state index is 11.2. The number of nitrogens with zero attached hydrogens (tertiary/aromatic N) is 1. The zero-order chi connectivity index (χ0) is 12.0. The number of unbranched alkanes of at least 4 members (excludes halogenated alkanes) is 1. The summed E-state index contributed by atoms with van der Waals surface area (Å²) in [6.45, 7) is 2.13. The molecule has 0 aliphatic carbocycles. The first-order valence-corrected chi connectivity index (χ1v) is 5.49. The van der Waals surface area contributed by atoms with Crippen LogP contribution in [0.4, 0.5) is 0 Å². The lowest BCUT2D eigenvalue weighted by atomic mass is 10.1. The Labute approximate surface area is 95.8 Å². The van der Waals surface area contributed by atoms with Crippen LogP contribution in [0.15, 0.2) is 18.3 Å². The Hall–Kier alpha value is -1.42. The summed E-state index contributed by atoms with van der Waals surface area (Å²) in [6.07, 6.45) is 4.63. The first-order chi connectivity index (χ1) is 7.69. The number of ether oxygens (including phenoxy) is 1. The largest absolute Gasteiger partial charge is 0.465 e. The Morgan fingerprint density at radius 2 is 2.31 bits per heavy atom. The van der Waals surface area contributed by atoms with Crippen LogP contribution in [0.25, 0.3) is 0 Å². The van der Waals surface area contributed by atoms with Crippen molar-refractivity contribution in [1.29, 1.82) is 0 Å². The van der Waals surface area contributed by atoms with E-state index in [1.54, 1.807) is 12.1 Å². The van der Waals surface area contributed by atoms with Gasteiger partial charge in [-0.1, -0.05) is 19.8 Å². The fraction of sp³-hybridized carbons (Fsp3) is 0.500. The molecule has 0 aliphatic heterocycles. The third kappa shape index (κ3) is 3.31. The van der Waals surface area contributed by atoms with Crippen LogP contribution in [0.2, 0.25) is 0 Å². The van der Waals surface area contributed by atoms with Crippen LogP contribution < -0.4 is 5.73 Å². The molecule has 0 amide bonds. The molecule has 1 rings (SSSR count). The lowest BCUT2D eigenvalue weighted by Crippen LogP contribution is -2.12. The summed E-state index contributed by atoms with van der Waals surface area (Å²) in [5.74, 6) is -0.374. The topological polar surface area (TPSA) is 65.2 Å². The molecule has 0 radical (unpaired) electrons. The number of pyridine rings is 1. The van der Waals surface area contributed by atoms with Gasteiger partial charge in [-0.15, -0.1) is 0 Å². The molecule has 0 bridgehead atoms. The van der Waals surface area contributed by atoms with Crippen molar-refractivity contribution in [2.75, 3.05) is 7.11 Å². The number of methoxy groups -OCH3 is 1. The summed E-state index contributed by atoms with van der Waals surface area (Å²) in [5.41, 5.74) is 7.23. The van der Waals surface area contributed by atoms with E-state index in [2.05, 4.69) is 16.6 Å². The maximum Gasteiger partial charge on any atom is 0.339 e. The van der Waals surface area contributed by atoms with E-state index in [-0.39, 0.29) is 12.0 Å². The minimum atomic E-state index is -0.374. The van der Waals surface area contributed by atoms with Gasteiger partial charge < -0.3 is 10.5 Å². The zero-order valence-corrected chi connectivity index (χ0v) is 9.77. The number of carbonyl (C=O) groups is 1. The monoisotopic (exact) mass is 222 g/mol. The number of hydrogen-bond donors (Lipinski definition) is 1. The third-order valence-corrected chi connectivity index (χ3v) is 2.46. The van der Waals surface area contributed by atoms with E-state index in [1.165, 1.54) is 13.3 Å². The minimum absolute atomic E-state index is 0.0494. The lowest BCUT2D eigenvalue weighted by Gasteiger charge is -2.10. The van der Waals surface area contributed by atoms with Gasteiger partial charge in [0.05, 0.1) is 18.4 Å². The standard InChI is InChI=1S/C12H18N2O2/c1-3-4-5-10(13)11-7-6-9(8-14-11)12(15)16-2/h6-8,10H,3-5,13H2,1-2H3. The van der Waals surface area contributed by atoms with Crippen LogP contribution >= 0.6 is 0 Å². The Morgan fingerprint density at radius 3 is 2.81 bits per heavy atom. The van der Waals surface area contributed by atoms with Crippen molar-refractivity contribution in [2.45, 2.75) is 32.2 Å². The molecule has 1 unspecified atom stereocenters. The fourth-order valence-corrected chi connectivity index (χ4v) is 1.44. The SMILES string of the molecule is CCCCC(N)c1ccc(C(=O)OC)cn1. The Kier molecular flexibility index (Phi) is 4.92. The second kappa shape index (κ2) is 6.23. The van der Waals surface area contributed by atoms with Gasteiger partial charge in [-0.05, 0) is 18.6 Å². The number of nitrogens with two attached hydrogens (primary N) is 1. The van der Waals surface area contributed by atoms with Crippen LogP contribution in [0.5, 0.6) is 0 Å². The molecule has 1 heterocycles. The van der Waals surface area contributed by atoms with Crippen molar-refractivity contribution in [3.8, 4) is 0 Å². The summed E-state index contributed by atoms with van der Waals surface area (Å²) in [7, 11) is 1.35. The lowest BCUT2D eigenvalue weighted by molar-refractivity contribution is 0.0600. The average molecular weight is 222 g/mol. The number of hydrogen-bond acceptors (Lipinski definition) is 4. The summed E-state index contributed by atoms with van der Waals surface area (Å²) >= 11 is 0. The minimum Gasteiger partial charge on any atom is -0.465 e. The summed E-state index contributed by atoms with van der Waals surface area (Å²) in [5, 5.41) is 0. The van der Waals surface area contributed by atoms with E-state index < -0.39 is 0 Å². The average Bonchev–Trinajstić information content (AvgIpc) is 2.35. The number of esters is 1. The highest BCUT2D eigenvalue weighted by molar-refractivity contribution is 5.88. The fourth-order valence-electron chi connectivity index (χ4n) is 1.44. The van der Waals surface area contributed by atoms with E-state index in [0.717, 1.165) is 25.0 Å². The Balaban J connectivity index is 2.67. The summed E-state index contributed by atoms with van der Waals surface area (Å²) < 4.78 is 4.59. The van der Waals surface area contributed by atoms with Crippen LogP contribution in [-0.4, -0.2) is 18.1 Å². The van der Waals surface area contributed by atoms with E-state index >= 15 is 0 Å². The summed E-state index contributed by atoms with van der Waals surface area (Å²) in [6, 6.07) is 3.43. The van der Waals surface area contributed by atoms with Crippen molar-refractivity contribution < 1.29 is 9.53 Å². The molecule has 16 heavy (non-hydrogen) atoms. The van der Waals surface area contributed by atoms with Crippen LogP contribution in [-0.2, 0) is 4.74 Å². The van der Waals surface area contributed by atoms with Gasteiger partial charge in [0, 0.05) is 12.2 Å². The van der Waals surface area contributed by atoms with Crippen molar-refractivity contribution in [3.63, 3.8) is 0 Å². The Bertz CT molecular complexity index is 335. The quantitative estimate of drug-likeness (QED) is 0.774. The smallest absolute Gasteiger partial charge is 0.339 e. The van der Waals surface area contributed by atoms with Gasteiger partial charge in [-0.25, -0.2) is 4.79 Å². The molecular formula is C12H18N2O2. The van der Waals surface area contributed by atoms with E-state index in [1.807, 2.05) is 0 Å². The van der Waals surface area contributed by atoms with Gasteiger partial charge in [-0.2, -0.15) is 0 Å². The molecule has 1 aromatic heterocycles. The van der Waals surface area contributed by atoms with Gasteiger partial charge in [0.1, 0.15) is 0 Å². The van der Waals surface area contributed by atoms with Crippen LogP contribution in [0, 0.1) is 0 Å². The molecule has 4 nitrogen and oxygen atoms in total. The molecular weight excluding hydrogens is 204 g/mol. The van der Waals surface area contributed by atoms with Crippen LogP contribution in [0.1, 0.15) is 48.3 Å². The van der Waals surface area contributed by atoms with Crippen molar-refractivity contribution in [1.82, 2.24) is 4.98 Å². The molecule has 0 aliphatic rings. The second-order valence-electron chi connectivity index (χ2n) is 3.71. The third-order valence-electron chi connectivity index (χ3n) is 2.46. The first-order valence-electron chi connectivity index (χ1n) is 5.49. The molecule has 1 aromatic rings. The van der Waals surface area contributed by atoms with Crippen molar-refractivity contribution >= 4 is 5.97 Å². The van der Waals surface area contributed by atoms with Gasteiger partial charge in [0.25, 0.3) is 0 Å². The molecule has 0 fully saturated rings. The molecule has 2 N–H and O–H groups in total. The van der Waals surface area contributed by atoms with Gasteiger partial charge in [0.2, 0.25) is 0 Å². The number of rotatable bonds is 5. The predicted molar refractivity (Wildman–Crippen MR) is 62.0 cm³/mol.